The van der Waals surface area contributed by atoms with Gasteiger partial charge in [-0.15, -0.1) is 0 Å². The molecule has 1 aliphatic heterocycles. The lowest BCUT2D eigenvalue weighted by molar-refractivity contribution is -0.134. The lowest BCUT2D eigenvalue weighted by atomic mass is 9.85. The number of hydrogen-bond acceptors (Lipinski definition) is 6. The molecule has 1 aromatic rings. The number of ether oxygens (including phenoxy) is 1. The number of methoxy groups -OCH3 is 1. The van der Waals surface area contributed by atoms with Gasteiger partial charge in [0.1, 0.15) is 13.2 Å². The van der Waals surface area contributed by atoms with Gasteiger partial charge in [0, 0.05) is 37.9 Å². The summed E-state index contributed by atoms with van der Waals surface area (Å²) in [7, 11) is 1.48. The first-order valence-corrected chi connectivity index (χ1v) is 10.7. The van der Waals surface area contributed by atoms with E-state index < -0.39 is 12.0 Å². The minimum atomic E-state index is -0.833. The minimum absolute atomic E-state index is 0.0191. The van der Waals surface area contributed by atoms with Crippen molar-refractivity contribution in [3.8, 4) is 0 Å². The van der Waals surface area contributed by atoms with Crippen LogP contribution in [0, 0.1) is 5.92 Å². The van der Waals surface area contributed by atoms with Crippen LogP contribution in [-0.2, 0) is 19.1 Å². The van der Waals surface area contributed by atoms with Gasteiger partial charge < -0.3 is 20.5 Å². The molecule has 1 saturated carbocycles. The molecule has 4 N–H and O–H groups in total. The molecule has 2 aliphatic rings. The Bertz CT molecular complexity index is 868. The van der Waals surface area contributed by atoms with E-state index in [0.717, 1.165) is 32.6 Å². The van der Waals surface area contributed by atoms with Crippen molar-refractivity contribution in [2.45, 2.75) is 38.6 Å². The minimum Gasteiger partial charge on any atom is -0.481 e. The molecule has 1 aliphatic carbocycles. The number of carbonyl (C=O) groups is 5. The van der Waals surface area contributed by atoms with E-state index in [1.807, 2.05) is 0 Å². The van der Waals surface area contributed by atoms with Crippen molar-refractivity contribution >= 4 is 35.4 Å². The van der Waals surface area contributed by atoms with Crippen LogP contribution in [0.15, 0.2) is 24.3 Å². The van der Waals surface area contributed by atoms with Crippen LogP contribution in [0.5, 0.6) is 0 Å². The van der Waals surface area contributed by atoms with Crippen LogP contribution in [0.2, 0.25) is 0 Å². The zero-order valence-corrected chi connectivity index (χ0v) is 18.8. The molecule has 1 saturated heterocycles. The Kier molecular flexibility index (Phi) is 9.80. The second kappa shape index (κ2) is 12.5. The fourth-order valence-electron chi connectivity index (χ4n) is 3.76. The van der Waals surface area contributed by atoms with Crippen LogP contribution in [0.1, 0.15) is 43.0 Å². The molecule has 0 bridgehead atoms. The predicted octanol–water partition coefficient (Wildman–Crippen LogP) is 0.885. The number of carboxylic acids is 1. The maximum Gasteiger partial charge on any atom is 0.329 e. The van der Waals surface area contributed by atoms with Gasteiger partial charge in [0.25, 0.3) is 11.9 Å². The number of hydrogen-bond donors (Lipinski definition) is 4. The van der Waals surface area contributed by atoms with Crippen molar-refractivity contribution in [1.82, 2.24) is 16.0 Å². The summed E-state index contributed by atoms with van der Waals surface area (Å²) in [6.45, 7) is 1.70. The van der Waals surface area contributed by atoms with Crippen LogP contribution < -0.4 is 20.9 Å². The Balaban J connectivity index is 0.000000890. The van der Waals surface area contributed by atoms with Crippen LogP contribution in [0.4, 0.5) is 10.5 Å². The number of carbonyl (C=O) groups excluding carboxylic acids is 4. The quantitative estimate of drug-likeness (QED) is 0.439. The van der Waals surface area contributed by atoms with Crippen molar-refractivity contribution in [3.63, 3.8) is 0 Å². The third-order valence-electron chi connectivity index (χ3n) is 5.22. The fourth-order valence-corrected chi connectivity index (χ4v) is 3.76. The third kappa shape index (κ3) is 8.53. The number of nitrogens with zero attached hydrogens (tertiary/aromatic N) is 1. The van der Waals surface area contributed by atoms with E-state index in [9.17, 15) is 19.2 Å². The number of carboxylic acid groups (broad SMARTS) is 1. The average Bonchev–Trinajstić information content (AvgIpc) is 3.10. The zero-order valence-electron chi connectivity index (χ0n) is 18.8. The summed E-state index contributed by atoms with van der Waals surface area (Å²) in [5, 5.41) is 15.6. The standard InChI is InChI=1S/C20H26N4O5.C2H4O2/c1-29-12-18(26)21-10-13-3-2-4-15(9-13)22-19(27)14-5-7-16(8-6-14)24-11-17(25)23-20(24)28;1-2(3)4/h5-8,13,15H,2-4,9-12H2,1H3,(H,21,26)(H,22,27)(H,23,25,28);1H3,(H,3,4)/t13-,15+;/m1./s1. The highest BCUT2D eigenvalue weighted by atomic mass is 16.5. The van der Waals surface area contributed by atoms with Crippen LogP contribution >= 0.6 is 0 Å². The molecular formula is C22H30N4O7. The topological polar surface area (TPSA) is 154 Å². The summed E-state index contributed by atoms with van der Waals surface area (Å²) < 4.78 is 4.81. The first-order chi connectivity index (χ1) is 15.7. The lowest BCUT2D eigenvalue weighted by Gasteiger charge is -2.30. The Hall–Kier alpha value is -3.47. The molecule has 1 aromatic carbocycles. The molecule has 0 aromatic heterocycles. The van der Waals surface area contributed by atoms with Crippen molar-refractivity contribution in [3.05, 3.63) is 29.8 Å². The average molecular weight is 463 g/mol. The molecule has 3 rings (SSSR count). The zero-order chi connectivity index (χ0) is 24.4. The number of aliphatic carboxylic acids is 1. The molecule has 0 unspecified atom stereocenters. The third-order valence-corrected chi connectivity index (χ3v) is 5.22. The Morgan fingerprint density at radius 3 is 2.42 bits per heavy atom. The normalized spacial score (nSPS) is 19.8. The van der Waals surface area contributed by atoms with Gasteiger partial charge in [-0.3, -0.25) is 29.4 Å². The number of amides is 5. The fraction of sp³-hybridized carbons (Fsp3) is 0.500. The van der Waals surface area contributed by atoms with Gasteiger partial charge in [0.2, 0.25) is 11.8 Å². The first-order valence-electron chi connectivity index (χ1n) is 10.7. The monoisotopic (exact) mass is 462 g/mol. The molecular weight excluding hydrogens is 432 g/mol. The lowest BCUT2D eigenvalue weighted by Crippen LogP contribution is -2.41. The van der Waals surface area contributed by atoms with Gasteiger partial charge in [-0.2, -0.15) is 0 Å². The van der Waals surface area contributed by atoms with E-state index >= 15 is 0 Å². The molecule has 0 spiro atoms. The Morgan fingerprint density at radius 1 is 1.18 bits per heavy atom. The van der Waals surface area contributed by atoms with Gasteiger partial charge in [0.15, 0.2) is 0 Å². The van der Waals surface area contributed by atoms with E-state index in [1.165, 1.54) is 12.0 Å². The summed E-state index contributed by atoms with van der Waals surface area (Å²) in [6, 6.07) is 6.20. The summed E-state index contributed by atoms with van der Waals surface area (Å²) in [5.41, 5.74) is 1.06. The molecule has 11 heteroatoms. The second-order valence-electron chi connectivity index (χ2n) is 7.95. The molecule has 5 amide bonds. The van der Waals surface area contributed by atoms with Gasteiger partial charge in [-0.05, 0) is 49.4 Å². The van der Waals surface area contributed by atoms with Crippen LogP contribution in [0.3, 0.4) is 0 Å². The molecule has 180 valence electrons. The number of rotatable bonds is 7. The SMILES string of the molecule is CC(=O)O.COCC(=O)NC[C@@H]1CCC[C@H](NC(=O)c2ccc(N3CC(=O)NC3=O)cc2)C1. The number of imide groups is 1. The number of nitrogens with one attached hydrogen (secondary N) is 3. The summed E-state index contributed by atoms with van der Waals surface area (Å²) in [5.74, 6) is -1.16. The maximum atomic E-state index is 12.6. The molecule has 1 heterocycles. The molecule has 0 radical (unpaired) electrons. The van der Waals surface area contributed by atoms with Gasteiger partial charge in [-0.1, -0.05) is 6.42 Å². The highest BCUT2D eigenvalue weighted by Gasteiger charge is 2.28. The predicted molar refractivity (Wildman–Crippen MR) is 119 cm³/mol. The summed E-state index contributed by atoms with van der Waals surface area (Å²) in [6.07, 6.45) is 3.73. The van der Waals surface area contributed by atoms with E-state index in [2.05, 4.69) is 16.0 Å². The molecule has 2 atom stereocenters. The van der Waals surface area contributed by atoms with Crippen molar-refractivity contribution in [2.24, 2.45) is 5.92 Å². The summed E-state index contributed by atoms with van der Waals surface area (Å²) in [4.78, 5) is 57.5. The molecule has 33 heavy (non-hydrogen) atoms. The molecule has 11 nitrogen and oxygen atoms in total. The van der Waals surface area contributed by atoms with Crippen molar-refractivity contribution in [1.29, 1.82) is 0 Å². The smallest absolute Gasteiger partial charge is 0.329 e. The highest BCUT2D eigenvalue weighted by Crippen LogP contribution is 2.24. The number of urea groups is 1. The van der Waals surface area contributed by atoms with E-state index in [0.29, 0.717) is 23.7 Å². The maximum absolute atomic E-state index is 12.6. The number of benzene rings is 1. The largest absolute Gasteiger partial charge is 0.481 e. The van der Waals surface area contributed by atoms with Gasteiger partial charge >= 0.3 is 6.03 Å². The second-order valence-corrected chi connectivity index (χ2v) is 7.95. The van der Waals surface area contributed by atoms with Crippen molar-refractivity contribution in [2.75, 3.05) is 31.7 Å². The van der Waals surface area contributed by atoms with E-state index in [-0.39, 0.29) is 36.9 Å². The van der Waals surface area contributed by atoms with Crippen molar-refractivity contribution < 1.29 is 33.8 Å². The van der Waals surface area contributed by atoms with Crippen LogP contribution in [0.25, 0.3) is 0 Å². The highest BCUT2D eigenvalue weighted by molar-refractivity contribution is 6.12. The summed E-state index contributed by atoms with van der Waals surface area (Å²) >= 11 is 0. The van der Waals surface area contributed by atoms with Gasteiger partial charge in [-0.25, -0.2) is 4.79 Å². The van der Waals surface area contributed by atoms with E-state index in [1.54, 1.807) is 24.3 Å². The van der Waals surface area contributed by atoms with Gasteiger partial charge in [0.05, 0.1) is 0 Å². The Labute approximate surface area is 191 Å². The number of anilines is 1. The molecule has 2 fully saturated rings. The Morgan fingerprint density at radius 2 is 1.85 bits per heavy atom. The van der Waals surface area contributed by atoms with Crippen LogP contribution in [-0.4, -0.2) is 67.7 Å². The first kappa shape index (κ1) is 25.8. The van der Waals surface area contributed by atoms with E-state index in [4.69, 9.17) is 14.6 Å².